The number of aromatic amines is 1. The number of aromatic nitrogens is 2. The van der Waals surface area contributed by atoms with Crippen molar-refractivity contribution in [1.82, 2.24) is 24.9 Å². The number of anilines is 1. The van der Waals surface area contributed by atoms with Crippen LogP contribution < -0.4 is 4.90 Å². The molecule has 2 saturated heterocycles. The fourth-order valence-electron chi connectivity index (χ4n) is 6.54. The molecule has 47 heavy (non-hydrogen) atoms. The highest BCUT2D eigenvalue weighted by atomic mass is 19.4. The van der Waals surface area contributed by atoms with Crippen molar-refractivity contribution < 1.29 is 35.9 Å². The Kier molecular flexibility index (Phi) is 8.60. The molecule has 2 aliphatic rings. The Morgan fingerprint density at radius 2 is 1.53 bits per heavy atom. The first kappa shape index (κ1) is 32.3. The summed E-state index contributed by atoms with van der Waals surface area (Å²) in [4.78, 5) is 37.5. The van der Waals surface area contributed by atoms with Gasteiger partial charge in [0.25, 0.3) is 0 Å². The lowest BCUT2D eigenvalue weighted by Crippen LogP contribution is -2.69. The van der Waals surface area contributed by atoms with Gasteiger partial charge in [0.2, 0.25) is 0 Å². The first-order valence-corrected chi connectivity index (χ1v) is 14.9. The SMILES string of the molecule is O=C=CN1CCN(N2CCN(c3ccccn3)CC2)CC1(Cc1c[nH]c2ccccc12)C(=O)c1cc(C(F)(F)F)cc(C(F)(F)F)c1. The van der Waals surface area contributed by atoms with Gasteiger partial charge < -0.3 is 14.8 Å². The highest BCUT2D eigenvalue weighted by Gasteiger charge is 2.50. The Hall–Kier alpha value is -4.65. The molecule has 2 aromatic carbocycles. The van der Waals surface area contributed by atoms with Crippen molar-refractivity contribution in [2.75, 3.05) is 50.7 Å². The Morgan fingerprint density at radius 1 is 0.872 bits per heavy atom. The number of nitrogens with one attached hydrogen (secondary N) is 1. The maximum absolute atomic E-state index is 14.7. The average Bonchev–Trinajstić information content (AvgIpc) is 3.47. The summed E-state index contributed by atoms with van der Waals surface area (Å²) in [5.74, 6) is 1.53. The van der Waals surface area contributed by atoms with E-state index in [0.29, 0.717) is 50.4 Å². The molecule has 246 valence electrons. The number of para-hydroxylation sites is 1. The minimum Gasteiger partial charge on any atom is -0.361 e. The Balaban J connectivity index is 1.43. The molecular weight excluding hydrogens is 626 g/mol. The molecule has 6 rings (SSSR count). The van der Waals surface area contributed by atoms with Gasteiger partial charge in [-0.25, -0.2) is 19.8 Å². The predicted octanol–water partition coefficient (Wildman–Crippen LogP) is 5.46. The van der Waals surface area contributed by atoms with Crippen LogP contribution in [0, 0.1) is 0 Å². The Bertz CT molecular complexity index is 1760. The lowest BCUT2D eigenvalue weighted by Gasteiger charge is -2.53. The maximum Gasteiger partial charge on any atom is 0.416 e. The zero-order valence-electron chi connectivity index (χ0n) is 25.0. The van der Waals surface area contributed by atoms with E-state index >= 15 is 0 Å². The fourth-order valence-corrected chi connectivity index (χ4v) is 6.54. The highest BCUT2D eigenvalue weighted by Crippen LogP contribution is 2.39. The molecule has 0 aliphatic carbocycles. The van der Waals surface area contributed by atoms with Gasteiger partial charge in [0, 0.05) is 81.1 Å². The molecule has 0 radical (unpaired) electrons. The summed E-state index contributed by atoms with van der Waals surface area (Å²) in [6.07, 6.45) is -6.01. The summed E-state index contributed by atoms with van der Waals surface area (Å²) in [7, 11) is 0. The van der Waals surface area contributed by atoms with Crippen LogP contribution in [0.3, 0.4) is 0 Å². The van der Waals surface area contributed by atoms with Crippen molar-refractivity contribution >= 4 is 28.4 Å². The minimum atomic E-state index is -5.14. The second kappa shape index (κ2) is 12.5. The molecule has 4 aromatic rings. The largest absolute Gasteiger partial charge is 0.416 e. The molecule has 0 saturated carbocycles. The summed E-state index contributed by atoms with van der Waals surface area (Å²) in [6, 6.07) is 13.7. The summed E-state index contributed by atoms with van der Waals surface area (Å²) in [6.45, 7) is 2.58. The molecule has 14 heteroatoms. The van der Waals surface area contributed by atoms with Crippen LogP contribution in [0.4, 0.5) is 32.2 Å². The smallest absolute Gasteiger partial charge is 0.361 e. The Labute approximate surface area is 265 Å². The molecule has 1 atom stereocenters. The van der Waals surface area contributed by atoms with E-state index in [0.717, 1.165) is 22.9 Å². The molecule has 0 amide bonds. The monoisotopic (exact) mass is 656 g/mol. The summed E-state index contributed by atoms with van der Waals surface area (Å²) in [5, 5.41) is 4.68. The van der Waals surface area contributed by atoms with Crippen LogP contribution in [-0.4, -0.2) is 88.0 Å². The van der Waals surface area contributed by atoms with E-state index in [1.54, 1.807) is 30.5 Å². The zero-order valence-corrected chi connectivity index (χ0v) is 25.0. The first-order chi connectivity index (χ1) is 22.4. The lowest BCUT2D eigenvalue weighted by atomic mass is 9.79. The second-order valence-corrected chi connectivity index (χ2v) is 11.6. The molecule has 2 fully saturated rings. The summed E-state index contributed by atoms with van der Waals surface area (Å²) < 4.78 is 83.4. The number of hydrazine groups is 1. The van der Waals surface area contributed by atoms with Crippen molar-refractivity contribution in [3.8, 4) is 0 Å². The van der Waals surface area contributed by atoms with Gasteiger partial charge in [-0.15, -0.1) is 0 Å². The van der Waals surface area contributed by atoms with Gasteiger partial charge in [0.15, 0.2) is 5.78 Å². The molecule has 8 nitrogen and oxygen atoms in total. The number of carbonyl (C=O) groups is 1. The number of rotatable bonds is 7. The number of H-pyrrole nitrogens is 1. The van der Waals surface area contributed by atoms with Gasteiger partial charge in [-0.2, -0.15) is 26.3 Å². The van der Waals surface area contributed by atoms with Gasteiger partial charge in [0.05, 0.1) is 17.3 Å². The number of piperazine rings is 2. The van der Waals surface area contributed by atoms with E-state index in [4.69, 9.17) is 0 Å². The zero-order chi connectivity index (χ0) is 33.4. The number of hydrogen-bond donors (Lipinski definition) is 1. The Morgan fingerprint density at radius 3 is 2.17 bits per heavy atom. The van der Waals surface area contributed by atoms with Crippen LogP contribution >= 0.6 is 0 Å². The van der Waals surface area contributed by atoms with E-state index in [1.165, 1.54) is 4.90 Å². The number of Topliss-reactive ketones (excluding diaryl/α,β-unsaturated/α-hetero) is 1. The van der Waals surface area contributed by atoms with Crippen molar-refractivity contribution in [3.63, 3.8) is 0 Å². The van der Waals surface area contributed by atoms with Crippen molar-refractivity contribution in [2.45, 2.75) is 24.3 Å². The second-order valence-electron chi connectivity index (χ2n) is 11.6. The van der Waals surface area contributed by atoms with Crippen LogP contribution in [0.5, 0.6) is 0 Å². The standard InChI is InChI=1S/C33H30F6N6O2/c34-32(35,36)25-17-23(18-26(19-25)33(37,38)39)30(47)31(20-24-21-41-28-6-2-1-5-27(24)28)22-45(14-11-43(31)15-16-46)44-12-9-42(10-13-44)29-7-3-4-8-40-29/h1-8,15,17-19,21,41H,9-14,20,22H2. The maximum atomic E-state index is 14.7. The summed E-state index contributed by atoms with van der Waals surface area (Å²) in [5.41, 5.74) is -4.35. The van der Waals surface area contributed by atoms with Crippen LogP contribution in [0.1, 0.15) is 27.0 Å². The van der Waals surface area contributed by atoms with Gasteiger partial charge in [-0.3, -0.25) is 4.79 Å². The topological polar surface area (TPSA) is 75.8 Å². The third-order valence-electron chi connectivity index (χ3n) is 8.86. The van der Waals surface area contributed by atoms with Crippen LogP contribution in [0.2, 0.25) is 0 Å². The molecular formula is C33H30F6N6O2. The van der Waals surface area contributed by atoms with Crippen molar-refractivity contribution in [3.05, 3.63) is 102 Å². The van der Waals surface area contributed by atoms with Gasteiger partial charge in [-0.05, 0) is 42.0 Å². The van der Waals surface area contributed by atoms with Crippen LogP contribution in [-0.2, 0) is 23.6 Å². The van der Waals surface area contributed by atoms with Crippen LogP contribution in [0.25, 0.3) is 10.9 Å². The van der Waals surface area contributed by atoms with E-state index in [2.05, 4.69) is 14.9 Å². The molecule has 2 aliphatic heterocycles. The van der Waals surface area contributed by atoms with Crippen LogP contribution in [0.15, 0.2) is 79.3 Å². The third kappa shape index (κ3) is 6.49. The average molecular weight is 657 g/mol. The normalized spacial score (nSPS) is 20.0. The quantitative estimate of drug-likeness (QED) is 0.161. The van der Waals surface area contributed by atoms with E-state index in [9.17, 15) is 35.9 Å². The number of nitrogens with zero attached hydrogens (tertiary/aromatic N) is 5. The predicted molar refractivity (Wildman–Crippen MR) is 162 cm³/mol. The van der Waals surface area contributed by atoms with Crippen molar-refractivity contribution in [2.24, 2.45) is 0 Å². The first-order valence-electron chi connectivity index (χ1n) is 14.9. The lowest BCUT2D eigenvalue weighted by molar-refractivity contribution is -0.143. The van der Waals surface area contributed by atoms with Gasteiger partial charge >= 0.3 is 12.4 Å². The van der Waals surface area contributed by atoms with E-state index < -0.39 is 40.4 Å². The third-order valence-corrected chi connectivity index (χ3v) is 8.86. The number of benzene rings is 2. The number of ketones is 1. The number of hydrogen-bond acceptors (Lipinski definition) is 7. The number of alkyl halides is 6. The summed E-state index contributed by atoms with van der Waals surface area (Å²) >= 11 is 0. The molecule has 0 bridgehead atoms. The molecule has 0 spiro atoms. The molecule has 1 N–H and O–H groups in total. The highest BCUT2D eigenvalue weighted by molar-refractivity contribution is 6.04. The molecule has 1 unspecified atom stereocenters. The molecule has 2 aromatic heterocycles. The number of carbonyl (C=O) groups excluding carboxylic acids is 2. The van der Waals surface area contributed by atoms with E-state index in [-0.39, 0.29) is 25.6 Å². The molecule has 4 heterocycles. The van der Waals surface area contributed by atoms with Crippen molar-refractivity contribution in [1.29, 1.82) is 0 Å². The number of fused-ring (bicyclic) bond motifs is 1. The minimum absolute atomic E-state index is 0.000457. The van der Waals surface area contributed by atoms with Gasteiger partial charge in [-0.1, -0.05) is 24.3 Å². The van der Waals surface area contributed by atoms with Gasteiger partial charge in [0.1, 0.15) is 17.3 Å². The number of halogens is 6. The number of pyridine rings is 1. The fraction of sp³-hybridized carbons (Fsp3) is 0.333. The van der Waals surface area contributed by atoms with E-state index in [1.807, 2.05) is 40.3 Å².